The van der Waals surface area contributed by atoms with Gasteiger partial charge in [-0.3, -0.25) is 18.7 Å². The number of halogens is 3. The second-order valence-corrected chi connectivity index (χ2v) is 8.99. The average Bonchev–Trinajstić information content (AvgIpc) is 3.19. The number of carbonyl (C=O) groups excluding carboxylic acids is 1. The molecule has 0 atom stereocenters. The Bertz CT molecular complexity index is 1510. The van der Waals surface area contributed by atoms with E-state index in [1.54, 1.807) is 25.1 Å². The molecule has 0 aliphatic heterocycles. The number of fused-ring (bicyclic) bond motifs is 1. The molecule has 2 aromatic carbocycles. The van der Waals surface area contributed by atoms with Crippen LogP contribution < -0.4 is 10.3 Å². The topological polar surface area (TPSA) is 99.2 Å². The molecule has 1 N–H and O–H groups in total. The van der Waals surface area contributed by atoms with E-state index in [0.29, 0.717) is 16.7 Å². The van der Waals surface area contributed by atoms with Gasteiger partial charge in [0.15, 0.2) is 5.02 Å². The number of nitrogens with zero attached hydrogens (tertiary/aromatic N) is 4. The highest BCUT2D eigenvalue weighted by molar-refractivity contribution is 6.31. The predicted molar refractivity (Wildman–Crippen MR) is 125 cm³/mol. The van der Waals surface area contributed by atoms with Crippen molar-refractivity contribution in [2.45, 2.75) is 39.4 Å². The molecule has 0 bridgehead atoms. The first-order valence-electron chi connectivity index (χ1n) is 10.5. The molecule has 182 valence electrons. The van der Waals surface area contributed by atoms with Crippen LogP contribution in [0.1, 0.15) is 36.5 Å². The summed E-state index contributed by atoms with van der Waals surface area (Å²) in [5.74, 6) is -1.78. The van der Waals surface area contributed by atoms with Crippen molar-refractivity contribution in [1.29, 1.82) is 0 Å². The van der Waals surface area contributed by atoms with Gasteiger partial charge in [0.05, 0.1) is 28.7 Å². The smallest absolute Gasteiger partial charge is 0.280 e. The number of aliphatic hydroxyl groups is 1. The zero-order valence-corrected chi connectivity index (χ0v) is 19.8. The lowest BCUT2D eigenvalue weighted by atomic mass is 10.1. The second kappa shape index (κ2) is 9.20. The van der Waals surface area contributed by atoms with Gasteiger partial charge in [-0.25, -0.2) is 13.8 Å². The maximum atomic E-state index is 13.9. The van der Waals surface area contributed by atoms with Gasteiger partial charge in [-0.05, 0) is 51.1 Å². The van der Waals surface area contributed by atoms with Crippen LogP contribution in [0.2, 0.25) is 5.02 Å². The number of hydrogen-bond acceptors (Lipinski definition) is 6. The fraction of sp³-hybridized carbons (Fsp3) is 0.250. The first kappa shape index (κ1) is 24.5. The molecule has 0 amide bonds. The van der Waals surface area contributed by atoms with Gasteiger partial charge in [0, 0.05) is 11.6 Å². The normalized spacial score (nSPS) is 11.7. The SMILES string of the molecule is Cc1nc(OCc2ccc(F)cc2F)c(Cl)c(=O)n1-c1ccc2c(c1)ncn2C(=O)CC(C)(C)O. The lowest BCUT2D eigenvalue weighted by Gasteiger charge is -2.16. The molecule has 0 saturated heterocycles. The Hall–Kier alpha value is -3.63. The summed E-state index contributed by atoms with van der Waals surface area (Å²) in [5.41, 5.74) is -0.356. The molecular formula is C24H21ClF2N4O4. The molecule has 0 spiro atoms. The van der Waals surface area contributed by atoms with Crippen LogP contribution in [-0.4, -0.2) is 35.7 Å². The Labute approximate surface area is 203 Å². The number of carbonyl (C=O) groups is 1. The zero-order chi connectivity index (χ0) is 25.5. The van der Waals surface area contributed by atoms with Crippen LogP contribution in [0.4, 0.5) is 8.78 Å². The fourth-order valence-corrected chi connectivity index (χ4v) is 3.74. The first-order chi connectivity index (χ1) is 16.4. The number of rotatable bonds is 6. The summed E-state index contributed by atoms with van der Waals surface area (Å²) in [6.45, 7) is 4.34. The van der Waals surface area contributed by atoms with Crippen LogP contribution in [0.5, 0.6) is 5.88 Å². The molecule has 2 aromatic heterocycles. The van der Waals surface area contributed by atoms with Gasteiger partial charge in [0.1, 0.15) is 30.4 Å². The minimum atomic E-state index is -1.17. The third kappa shape index (κ3) is 5.08. The Morgan fingerprint density at radius 2 is 1.94 bits per heavy atom. The Kier molecular flexibility index (Phi) is 6.44. The quantitative estimate of drug-likeness (QED) is 0.424. The van der Waals surface area contributed by atoms with Crippen molar-refractivity contribution < 1.29 is 23.4 Å². The Balaban J connectivity index is 1.65. The van der Waals surface area contributed by atoms with Crippen LogP contribution in [0.3, 0.4) is 0 Å². The predicted octanol–water partition coefficient (Wildman–Crippen LogP) is 4.20. The fourth-order valence-electron chi connectivity index (χ4n) is 3.56. The van der Waals surface area contributed by atoms with Crippen molar-refractivity contribution in [3.8, 4) is 11.6 Å². The molecule has 35 heavy (non-hydrogen) atoms. The highest BCUT2D eigenvalue weighted by atomic mass is 35.5. The molecule has 11 heteroatoms. The van der Waals surface area contributed by atoms with Crippen molar-refractivity contribution in [1.82, 2.24) is 19.1 Å². The zero-order valence-electron chi connectivity index (χ0n) is 19.1. The second-order valence-electron chi connectivity index (χ2n) is 8.61. The number of hydrogen-bond donors (Lipinski definition) is 1. The van der Waals surface area contributed by atoms with E-state index < -0.39 is 22.8 Å². The van der Waals surface area contributed by atoms with E-state index in [9.17, 15) is 23.5 Å². The van der Waals surface area contributed by atoms with Gasteiger partial charge < -0.3 is 9.84 Å². The third-order valence-corrected chi connectivity index (χ3v) is 5.51. The molecule has 0 saturated carbocycles. The molecule has 0 aliphatic carbocycles. The summed E-state index contributed by atoms with van der Waals surface area (Å²) in [5, 5.41) is 9.62. The van der Waals surface area contributed by atoms with Gasteiger partial charge >= 0.3 is 0 Å². The van der Waals surface area contributed by atoms with E-state index in [0.717, 1.165) is 12.1 Å². The maximum Gasteiger partial charge on any atom is 0.280 e. The summed E-state index contributed by atoms with van der Waals surface area (Å²) >= 11 is 6.21. The Morgan fingerprint density at radius 3 is 2.63 bits per heavy atom. The highest BCUT2D eigenvalue weighted by Crippen LogP contribution is 2.24. The standard InChI is InChI=1S/C24H21ClF2N4O4/c1-13-29-22(35-11-14-4-5-15(26)8-17(14)27)21(25)23(33)31(13)16-6-7-19-18(9-16)28-12-30(19)20(32)10-24(2,3)34/h4-9,12,34H,10-11H2,1-3H3. The molecule has 2 heterocycles. The lowest BCUT2D eigenvalue weighted by molar-refractivity contribution is 0.0533. The van der Waals surface area contributed by atoms with Crippen molar-refractivity contribution in [3.63, 3.8) is 0 Å². The maximum absolute atomic E-state index is 13.9. The van der Waals surface area contributed by atoms with Crippen molar-refractivity contribution in [3.05, 3.63) is 81.1 Å². The summed E-state index contributed by atoms with van der Waals surface area (Å²) in [7, 11) is 0. The summed E-state index contributed by atoms with van der Waals surface area (Å²) in [4.78, 5) is 34.0. The van der Waals surface area contributed by atoms with Crippen LogP contribution in [0.15, 0.2) is 47.5 Å². The molecule has 0 unspecified atom stereocenters. The van der Waals surface area contributed by atoms with Gasteiger partial charge in [0.25, 0.3) is 5.56 Å². The van der Waals surface area contributed by atoms with Crippen molar-refractivity contribution in [2.24, 2.45) is 0 Å². The van der Waals surface area contributed by atoms with Crippen molar-refractivity contribution in [2.75, 3.05) is 0 Å². The third-order valence-electron chi connectivity index (χ3n) is 5.19. The molecular weight excluding hydrogens is 482 g/mol. The molecule has 0 radical (unpaired) electrons. The Morgan fingerprint density at radius 1 is 1.20 bits per heavy atom. The average molecular weight is 503 g/mol. The van der Waals surface area contributed by atoms with E-state index in [-0.39, 0.29) is 41.2 Å². The monoisotopic (exact) mass is 502 g/mol. The summed E-state index contributed by atoms with van der Waals surface area (Å²) in [6, 6.07) is 7.89. The van der Waals surface area contributed by atoms with Gasteiger partial charge in [0.2, 0.25) is 11.8 Å². The number of aromatic nitrogens is 4. The molecule has 0 fully saturated rings. The van der Waals surface area contributed by atoms with Crippen molar-refractivity contribution >= 4 is 28.5 Å². The van der Waals surface area contributed by atoms with E-state index in [1.165, 1.54) is 35.4 Å². The van der Waals surface area contributed by atoms with Crippen LogP contribution in [-0.2, 0) is 6.61 Å². The number of ether oxygens (including phenoxy) is 1. The van der Waals surface area contributed by atoms with Gasteiger partial charge in [-0.15, -0.1) is 0 Å². The first-order valence-corrected chi connectivity index (χ1v) is 10.9. The van der Waals surface area contributed by atoms with E-state index in [4.69, 9.17) is 16.3 Å². The van der Waals surface area contributed by atoms with E-state index >= 15 is 0 Å². The summed E-state index contributed by atoms with van der Waals surface area (Å²) < 4.78 is 35.0. The summed E-state index contributed by atoms with van der Waals surface area (Å²) in [6.07, 6.45) is 1.26. The van der Waals surface area contributed by atoms with Crippen LogP contribution >= 0.6 is 11.6 Å². The van der Waals surface area contributed by atoms with Crippen LogP contribution in [0, 0.1) is 18.6 Å². The number of aryl methyl sites for hydroxylation is 1. The van der Waals surface area contributed by atoms with Gasteiger partial charge in [-0.2, -0.15) is 4.98 Å². The molecule has 8 nitrogen and oxygen atoms in total. The molecule has 4 rings (SSSR count). The van der Waals surface area contributed by atoms with E-state index in [2.05, 4.69) is 9.97 Å². The number of benzene rings is 2. The molecule has 0 aliphatic rings. The van der Waals surface area contributed by atoms with E-state index in [1.807, 2.05) is 0 Å². The lowest BCUT2D eigenvalue weighted by Crippen LogP contribution is -2.26. The minimum absolute atomic E-state index is 0.0752. The van der Waals surface area contributed by atoms with Gasteiger partial charge in [-0.1, -0.05) is 11.6 Å². The minimum Gasteiger partial charge on any atom is -0.471 e. The highest BCUT2D eigenvalue weighted by Gasteiger charge is 2.21. The number of imidazole rings is 1. The largest absolute Gasteiger partial charge is 0.471 e. The molecule has 4 aromatic rings. The van der Waals surface area contributed by atoms with Crippen LogP contribution in [0.25, 0.3) is 16.7 Å².